The molecule has 2 aliphatic rings. The third kappa shape index (κ3) is 2.51. The lowest BCUT2D eigenvalue weighted by Gasteiger charge is -2.38. The number of ketones is 3. The van der Waals surface area contributed by atoms with Crippen LogP contribution in [-0.4, -0.2) is 46.4 Å². The maximum atomic E-state index is 13.3. The molecule has 0 saturated carbocycles. The highest BCUT2D eigenvalue weighted by molar-refractivity contribution is 6.31. The van der Waals surface area contributed by atoms with Gasteiger partial charge in [0.1, 0.15) is 23.9 Å². The van der Waals surface area contributed by atoms with Crippen molar-refractivity contribution in [2.24, 2.45) is 5.41 Å². The fraction of sp³-hybridized carbons (Fsp3) is 0.348. The predicted octanol–water partition coefficient (Wildman–Crippen LogP) is 2.50. The van der Waals surface area contributed by atoms with E-state index in [4.69, 9.17) is 4.74 Å². The van der Waals surface area contributed by atoms with Crippen LogP contribution in [0, 0.1) is 5.41 Å². The number of aromatic hydroxyl groups is 2. The van der Waals surface area contributed by atoms with Crippen molar-refractivity contribution in [1.82, 2.24) is 0 Å². The van der Waals surface area contributed by atoms with E-state index in [0.29, 0.717) is 12.0 Å². The Kier molecular flexibility index (Phi) is 4.47. The molecule has 0 aromatic heterocycles. The van der Waals surface area contributed by atoms with E-state index in [1.54, 1.807) is 26.0 Å². The molecule has 0 heterocycles. The minimum absolute atomic E-state index is 0.0468. The smallest absolute Gasteiger partial charge is 0.202 e. The number of hydrogen-bond donors (Lipinski definition) is 3. The molecule has 7 nitrogen and oxygen atoms in total. The van der Waals surface area contributed by atoms with E-state index in [0.717, 1.165) is 0 Å². The highest BCUT2D eigenvalue weighted by atomic mass is 16.5. The summed E-state index contributed by atoms with van der Waals surface area (Å²) in [7, 11) is 1.38. The van der Waals surface area contributed by atoms with Crippen LogP contribution in [-0.2, 0) is 11.2 Å². The average molecular weight is 410 g/mol. The van der Waals surface area contributed by atoms with E-state index in [1.165, 1.54) is 13.2 Å². The number of methoxy groups -OCH3 is 1. The minimum Gasteiger partial charge on any atom is -0.507 e. The van der Waals surface area contributed by atoms with Crippen molar-refractivity contribution in [3.63, 3.8) is 0 Å². The van der Waals surface area contributed by atoms with Gasteiger partial charge in [-0.05, 0) is 24.8 Å². The number of phenolic OH excluding ortho intramolecular Hbond substituents is 2. The van der Waals surface area contributed by atoms with Crippen molar-refractivity contribution in [3.05, 3.63) is 51.6 Å². The number of hydrogen-bond acceptors (Lipinski definition) is 7. The average Bonchev–Trinajstić information content (AvgIpc) is 2.72. The number of carbonyl (C=O) groups excluding carboxylic acids is 3. The molecule has 156 valence electrons. The van der Waals surface area contributed by atoms with Crippen molar-refractivity contribution >= 4 is 17.3 Å². The van der Waals surface area contributed by atoms with Crippen LogP contribution in [0.1, 0.15) is 69.2 Å². The quantitative estimate of drug-likeness (QED) is 0.567. The predicted molar refractivity (Wildman–Crippen MR) is 107 cm³/mol. The highest BCUT2D eigenvalue weighted by Gasteiger charge is 2.46. The Balaban J connectivity index is 2.01. The van der Waals surface area contributed by atoms with Gasteiger partial charge in [-0.2, -0.15) is 0 Å². The molecular formula is C23H22O7. The number of Topliss-reactive ketones (excluding diaryl/α,β-unsaturated/α-hetero) is 1. The van der Waals surface area contributed by atoms with E-state index in [1.807, 2.05) is 0 Å². The number of ether oxygens (including phenoxy) is 1. The molecule has 4 rings (SSSR count). The fourth-order valence-corrected chi connectivity index (χ4v) is 4.97. The molecule has 2 aromatic carbocycles. The van der Waals surface area contributed by atoms with Gasteiger partial charge in [0.15, 0.2) is 11.6 Å². The van der Waals surface area contributed by atoms with Gasteiger partial charge in [0.25, 0.3) is 0 Å². The summed E-state index contributed by atoms with van der Waals surface area (Å²) in [6.45, 7) is 2.82. The summed E-state index contributed by atoms with van der Waals surface area (Å²) in [6.07, 6.45) is 0.373. The molecule has 0 amide bonds. The van der Waals surface area contributed by atoms with Crippen LogP contribution in [0.4, 0.5) is 0 Å². The second-order valence-electron chi connectivity index (χ2n) is 8.30. The van der Waals surface area contributed by atoms with Gasteiger partial charge >= 0.3 is 0 Å². The Labute approximate surface area is 172 Å². The molecule has 0 spiro atoms. The number of rotatable bonds is 3. The van der Waals surface area contributed by atoms with Crippen molar-refractivity contribution in [2.75, 3.05) is 13.7 Å². The molecule has 3 N–H and O–H groups in total. The molecule has 0 fully saturated rings. The molecule has 0 bridgehead atoms. The molecule has 0 radical (unpaired) electrons. The van der Waals surface area contributed by atoms with Crippen LogP contribution >= 0.6 is 0 Å². The first-order chi connectivity index (χ1) is 14.2. The zero-order chi connectivity index (χ0) is 22.0. The molecule has 0 saturated heterocycles. The van der Waals surface area contributed by atoms with Gasteiger partial charge < -0.3 is 20.1 Å². The Morgan fingerprint density at radius 2 is 1.80 bits per heavy atom. The Morgan fingerprint density at radius 1 is 1.13 bits per heavy atom. The van der Waals surface area contributed by atoms with Gasteiger partial charge in [-0.25, -0.2) is 0 Å². The van der Waals surface area contributed by atoms with Gasteiger partial charge in [-0.15, -0.1) is 0 Å². The van der Waals surface area contributed by atoms with Gasteiger partial charge in [0.05, 0.1) is 23.8 Å². The zero-order valence-corrected chi connectivity index (χ0v) is 16.9. The SMILES string of the molecule is COc1cccc2c1C(=O)c1c(O)c3c(c(O)c1C2=O)C[C@@](C)(C(=O)CO)C[C@@H]3C. The number of aliphatic hydroxyl groups is 1. The molecule has 0 aliphatic heterocycles. The van der Waals surface area contributed by atoms with Crippen molar-refractivity contribution in [2.45, 2.75) is 32.6 Å². The first kappa shape index (κ1) is 20.1. The monoisotopic (exact) mass is 410 g/mol. The summed E-state index contributed by atoms with van der Waals surface area (Å²) >= 11 is 0. The summed E-state index contributed by atoms with van der Waals surface area (Å²) in [5.41, 5.74) is -0.698. The Bertz CT molecular complexity index is 1130. The summed E-state index contributed by atoms with van der Waals surface area (Å²) in [4.78, 5) is 38.9. The van der Waals surface area contributed by atoms with E-state index in [9.17, 15) is 29.7 Å². The third-order valence-electron chi connectivity index (χ3n) is 6.39. The normalized spacial score (nSPS) is 22.2. The minimum atomic E-state index is -0.956. The van der Waals surface area contributed by atoms with E-state index < -0.39 is 29.3 Å². The lowest BCUT2D eigenvalue weighted by Crippen LogP contribution is -2.38. The number of phenols is 2. The molecule has 0 unspecified atom stereocenters. The molecule has 2 aromatic rings. The molecule has 2 atom stereocenters. The van der Waals surface area contributed by atoms with Gasteiger partial charge in [0, 0.05) is 22.1 Å². The number of fused-ring (bicyclic) bond motifs is 3. The number of benzene rings is 2. The van der Waals surface area contributed by atoms with Crippen molar-refractivity contribution in [3.8, 4) is 17.2 Å². The van der Waals surface area contributed by atoms with E-state index in [2.05, 4.69) is 0 Å². The van der Waals surface area contributed by atoms with Crippen molar-refractivity contribution < 1.29 is 34.4 Å². The van der Waals surface area contributed by atoms with Crippen LogP contribution in [0.5, 0.6) is 17.2 Å². The van der Waals surface area contributed by atoms with Crippen LogP contribution in [0.2, 0.25) is 0 Å². The first-order valence-electron chi connectivity index (χ1n) is 9.67. The molecular weight excluding hydrogens is 388 g/mol. The maximum absolute atomic E-state index is 13.3. The summed E-state index contributed by atoms with van der Waals surface area (Å²) in [5.74, 6) is -2.49. The maximum Gasteiger partial charge on any atom is 0.202 e. The largest absolute Gasteiger partial charge is 0.507 e. The standard InChI is InChI=1S/C23H22O7/c1-10-7-23(2,14(25)9-24)8-12-15(10)21(28)18-17(20(12)27)19(26)11-5-4-6-13(30-3)16(11)22(18)29/h4-6,10,24,27-28H,7-9H2,1-3H3/t10-,23-/m0/s1. The van der Waals surface area contributed by atoms with E-state index >= 15 is 0 Å². The fourth-order valence-electron chi connectivity index (χ4n) is 4.97. The third-order valence-corrected chi connectivity index (χ3v) is 6.39. The molecule has 2 aliphatic carbocycles. The van der Waals surface area contributed by atoms with Crippen LogP contribution < -0.4 is 4.74 Å². The summed E-state index contributed by atoms with van der Waals surface area (Å²) < 4.78 is 5.24. The van der Waals surface area contributed by atoms with Gasteiger partial charge in [-0.1, -0.05) is 26.0 Å². The Hall–Kier alpha value is -3.19. The first-order valence-corrected chi connectivity index (χ1v) is 9.67. The van der Waals surface area contributed by atoms with Crippen LogP contribution in [0.25, 0.3) is 0 Å². The highest BCUT2D eigenvalue weighted by Crippen LogP contribution is 2.53. The number of carbonyl (C=O) groups is 3. The lowest BCUT2D eigenvalue weighted by molar-refractivity contribution is -0.131. The zero-order valence-electron chi connectivity index (χ0n) is 16.9. The lowest BCUT2D eigenvalue weighted by atomic mass is 9.64. The molecule has 7 heteroatoms. The van der Waals surface area contributed by atoms with E-state index in [-0.39, 0.29) is 57.4 Å². The van der Waals surface area contributed by atoms with Crippen LogP contribution in [0.15, 0.2) is 18.2 Å². The van der Waals surface area contributed by atoms with Crippen molar-refractivity contribution in [1.29, 1.82) is 0 Å². The molecule has 30 heavy (non-hydrogen) atoms. The van der Waals surface area contributed by atoms with Gasteiger partial charge in [0.2, 0.25) is 5.78 Å². The van der Waals surface area contributed by atoms with Crippen LogP contribution in [0.3, 0.4) is 0 Å². The topological polar surface area (TPSA) is 121 Å². The second-order valence-corrected chi connectivity index (χ2v) is 8.30. The van der Waals surface area contributed by atoms with Gasteiger partial charge in [-0.3, -0.25) is 14.4 Å². The second kappa shape index (κ2) is 6.67. The summed E-state index contributed by atoms with van der Waals surface area (Å²) in [6, 6.07) is 4.60. The summed E-state index contributed by atoms with van der Waals surface area (Å²) in [5, 5.41) is 31.5. The number of aliphatic hydroxyl groups excluding tert-OH is 1. The Morgan fingerprint density at radius 3 is 2.43 bits per heavy atom.